The standard InChI is InChI=1S/C23H23ClN4O2/c1-15-7-3-6-10-20(15)28-22(16-11-12-16)17(13-25-28)23(30)27(2)14-21(29)26-19-9-5-4-8-18(19)24/h3-10,13,16H,11-12,14H2,1-2H3,(H,26,29). The first-order valence-electron chi connectivity index (χ1n) is 9.89. The molecular weight excluding hydrogens is 400 g/mol. The summed E-state index contributed by atoms with van der Waals surface area (Å²) in [4.78, 5) is 27.0. The monoisotopic (exact) mass is 422 g/mol. The molecule has 3 aromatic rings. The van der Waals surface area contributed by atoms with E-state index < -0.39 is 0 Å². The summed E-state index contributed by atoms with van der Waals surface area (Å²) in [5.41, 5.74) is 4.06. The lowest BCUT2D eigenvalue weighted by Crippen LogP contribution is -2.35. The van der Waals surface area contributed by atoms with Crippen molar-refractivity contribution >= 4 is 29.1 Å². The molecule has 0 unspecified atom stereocenters. The van der Waals surface area contributed by atoms with E-state index in [-0.39, 0.29) is 18.4 Å². The van der Waals surface area contributed by atoms with Crippen LogP contribution in [0.15, 0.2) is 54.7 Å². The highest BCUT2D eigenvalue weighted by Gasteiger charge is 2.34. The van der Waals surface area contributed by atoms with Gasteiger partial charge in [-0.05, 0) is 43.5 Å². The molecule has 4 rings (SSSR count). The van der Waals surface area contributed by atoms with Crippen molar-refractivity contribution in [2.24, 2.45) is 0 Å². The van der Waals surface area contributed by atoms with Crippen molar-refractivity contribution in [1.82, 2.24) is 14.7 Å². The van der Waals surface area contributed by atoms with E-state index in [1.54, 1.807) is 37.5 Å². The summed E-state index contributed by atoms with van der Waals surface area (Å²) in [5.74, 6) is -0.208. The van der Waals surface area contributed by atoms with E-state index in [4.69, 9.17) is 11.6 Å². The molecule has 1 aliphatic carbocycles. The van der Waals surface area contributed by atoms with Gasteiger partial charge < -0.3 is 10.2 Å². The van der Waals surface area contributed by atoms with Gasteiger partial charge in [-0.1, -0.05) is 41.9 Å². The number of benzene rings is 2. The van der Waals surface area contributed by atoms with Crippen molar-refractivity contribution in [3.8, 4) is 5.69 Å². The average Bonchev–Trinajstić information content (AvgIpc) is 3.48. The SMILES string of the molecule is Cc1ccccc1-n1ncc(C(=O)N(C)CC(=O)Nc2ccccc2Cl)c1C1CC1. The number of carbonyl (C=O) groups excluding carboxylic acids is 2. The second-order valence-corrected chi connectivity index (χ2v) is 8.01. The molecule has 0 radical (unpaired) electrons. The Kier molecular flexibility index (Phi) is 5.59. The van der Waals surface area contributed by atoms with Gasteiger partial charge in [0.2, 0.25) is 5.91 Å². The predicted octanol–water partition coefficient (Wildman–Crippen LogP) is 4.42. The Morgan fingerprint density at radius 1 is 1.17 bits per heavy atom. The number of aryl methyl sites for hydroxylation is 1. The number of carbonyl (C=O) groups is 2. The molecule has 1 heterocycles. The van der Waals surface area contributed by atoms with Crippen molar-refractivity contribution in [2.75, 3.05) is 18.9 Å². The van der Waals surface area contributed by atoms with Gasteiger partial charge in [0.1, 0.15) is 0 Å². The molecular formula is C23H23ClN4O2. The molecule has 0 saturated heterocycles. The molecule has 1 fully saturated rings. The van der Waals surface area contributed by atoms with Gasteiger partial charge in [-0.2, -0.15) is 5.10 Å². The van der Waals surface area contributed by atoms with Crippen LogP contribution >= 0.6 is 11.6 Å². The summed E-state index contributed by atoms with van der Waals surface area (Å²) in [6.07, 6.45) is 3.69. The normalized spacial score (nSPS) is 13.2. The largest absolute Gasteiger partial charge is 0.332 e. The minimum Gasteiger partial charge on any atom is -0.332 e. The maximum atomic E-state index is 13.1. The van der Waals surface area contributed by atoms with Crippen LogP contribution < -0.4 is 5.32 Å². The molecule has 0 atom stereocenters. The molecule has 0 spiro atoms. The Bertz CT molecular complexity index is 1100. The number of hydrogen-bond donors (Lipinski definition) is 1. The molecule has 1 aliphatic rings. The maximum Gasteiger partial charge on any atom is 0.257 e. The lowest BCUT2D eigenvalue weighted by atomic mass is 10.1. The van der Waals surface area contributed by atoms with E-state index in [9.17, 15) is 9.59 Å². The quantitative estimate of drug-likeness (QED) is 0.639. The van der Waals surface area contributed by atoms with Crippen LogP contribution in [0.4, 0.5) is 5.69 Å². The molecule has 6 nitrogen and oxygen atoms in total. The molecule has 0 aliphatic heterocycles. The van der Waals surface area contributed by atoms with Crippen LogP contribution in [-0.2, 0) is 4.79 Å². The lowest BCUT2D eigenvalue weighted by Gasteiger charge is -2.18. The van der Waals surface area contributed by atoms with Crippen LogP contribution in [0.25, 0.3) is 5.69 Å². The van der Waals surface area contributed by atoms with Crippen molar-refractivity contribution < 1.29 is 9.59 Å². The number of hydrogen-bond acceptors (Lipinski definition) is 3. The predicted molar refractivity (Wildman–Crippen MR) is 117 cm³/mol. The van der Waals surface area contributed by atoms with Crippen molar-refractivity contribution in [3.63, 3.8) is 0 Å². The Hall–Kier alpha value is -3.12. The first kappa shape index (κ1) is 20.2. The van der Waals surface area contributed by atoms with Gasteiger partial charge in [0, 0.05) is 13.0 Å². The van der Waals surface area contributed by atoms with Gasteiger partial charge in [0.05, 0.1) is 40.4 Å². The summed E-state index contributed by atoms with van der Waals surface area (Å²) >= 11 is 6.09. The fourth-order valence-corrected chi connectivity index (χ4v) is 3.69. The maximum absolute atomic E-state index is 13.1. The van der Waals surface area contributed by atoms with E-state index in [1.807, 2.05) is 35.9 Å². The number of nitrogens with one attached hydrogen (secondary N) is 1. The molecule has 30 heavy (non-hydrogen) atoms. The Morgan fingerprint density at radius 3 is 2.57 bits per heavy atom. The second kappa shape index (κ2) is 8.32. The number of likely N-dealkylation sites (N-methyl/N-ethyl adjacent to an activating group) is 1. The Balaban J connectivity index is 1.54. The first-order chi connectivity index (χ1) is 14.5. The van der Waals surface area contributed by atoms with E-state index >= 15 is 0 Å². The van der Waals surface area contributed by atoms with Crippen molar-refractivity contribution in [2.45, 2.75) is 25.7 Å². The number of aromatic nitrogens is 2. The van der Waals surface area contributed by atoms with Gasteiger partial charge in [0.25, 0.3) is 5.91 Å². The molecule has 2 aromatic carbocycles. The third-order valence-corrected chi connectivity index (χ3v) is 5.55. The minimum atomic E-state index is -0.307. The zero-order chi connectivity index (χ0) is 21.3. The molecule has 1 aromatic heterocycles. The van der Waals surface area contributed by atoms with Gasteiger partial charge in [-0.25, -0.2) is 4.68 Å². The Labute approximate surface area is 180 Å². The molecule has 154 valence electrons. The van der Waals surface area contributed by atoms with Crippen LogP contribution in [0, 0.1) is 6.92 Å². The van der Waals surface area contributed by atoms with Gasteiger partial charge in [0.15, 0.2) is 0 Å². The zero-order valence-electron chi connectivity index (χ0n) is 16.9. The van der Waals surface area contributed by atoms with Crippen LogP contribution in [0.3, 0.4) is 0 Å². The van der Waals surface area contributed by atoms with Crippen molar-refractivity contribution in [3.05, 3.63) is 76.6 Å². The summed E-state index contributed by atoms with van der Waals surface area (Å²) in [5, 5.41) is 7.73. The third kappa shape index (κ3) is 4.09. The summed E-state index contributed by atoms with van der Waals surface area (Å²) in [6.45, 7) is 1.95. The average molecular weight is 423 g/mol. The van der Waals surface area contributed by atoms with Crippen LogP contribution in [0.1, 0.15) is 40.4 Å². The highest BCUT2D eigenvalue weighted by molar-refractivity contribution is 6.33. The third-order valence-electron chi connectivity index (χ3n) is 5.22. The molecule has 1 N–H and O–H groups in total. The highest BCUT2D eigenvalue weighted by Crippen LogP contribution is 2.43. The van der Waals surface area contributed by atoms with E-state index in [2.05, 4.69) is 10.4 Å². The number of halogens is 1. The summed E-state index contributed by atoms with van der Waals surface area (Å²) < 4.78 is 1.87. The fraction of sp³-hybridized carbons (Fsp3) is 0.261. The minimum absolute atomic E-state index is 0.0797. The number of rotatable bonds is 6. The van der Waals surface area contributed by atoms with Gasteiger partial charge in [-0.15, -0.1) is 0 Å². The van der Waals surface area contributed by atoms with E-state index in [0.717, 1.165) is 29.8 Å². The second-order valence-electron chi connectivity index (χ2n) is 7.61. The van der Waals surface area contributed by atoms with Gasteiger partial charge >= 0.3 is 0 Å². The molecule has 0 bridgehead atoms. The topological polar surface area (TPSA) is 67.2 Å². The number of anilines is 1. The summed E-state index contributed by atoms with van der Waals surface area (Å²) in [7, 11) is 1.62. The molecule has 7 heteroatoms. The van der Waals surface area contributed by atoms with E-state index in [0.29, 0.717) is 22.2 Å². The lowest BCUT2D eigenvalue weighted by molar-refractivity contribution is -0.116. The molecule has 1 saturated carbocycles. The number of para-hydroxylation sites is 2. The fourth-order valence-electron chi connectivity index (χ4n) is 3.51. The summed E-state index contributed by atoms with van der Waals surface area (Å²) in [6, 6.07) is 15.0. The highest BCUT2D eigenvalue weighted by atomic mass is 35.5. The van der Waals surface area contributed by atoms with Gasteiger partial charge in [-0.3, -0.25) is 9.59 Å². The first-order valence-corrected chi connectivity index (χ1v) is 10.3. The number of nitrogens with zero attached hydrogens (tertiary/aromatic N) is 3. The number of amides is 2. The Morgan fingerprint density at radius 2 is 1.87 bits per heavy atom. The van der Waals surface area contributed by atoms with Crippen LogP contribution in [0.5, 0.6) is 0 Å². The molecule has 2 amide bonds. The smallest absolute Gasteiger partial charge is 0.257 e. The van der Waals surface area contributed by atoms with Crippen LogP contribution in [0.2, 0.25) is 5.02 Å². The van der Waals surface area contributed by atoms with E-state index in [1.165, 1.54) is 4.90 Å². The zero-order valence-corrected chi connectivity index (χ0v) is 17.7. The van der Waals surface area contributed by atoms with Crippen LogP contribution in [-0.4, -0.2) is 40.1 Å². The van der Waals surface area contributed by atoms with Crippen molar-refractivity contribution in [1.29, 1.82) is 0 Å².